The van der Waals surface area contributed by atoms with E-state index in [1.807, 2.05) is 20.8 Å². The molecule has 0 aliphatic carbocycles. The summed E-state index contributed by atoms with van der Waals surface area (Å²) in [6.45, 7) is 10.7. The van der Waals surface area contributed by atoms with Gasteiger partial charge in [0.25, 0.3) is 0 Å². The molecule has 0 aromatic heterocycles. The van der Waals surface area contributed by atoms with Crippen molar-refractivity contribution in [3.63, 3.8) is 0 Å². The van der Waals surface area contributed by atoms with Crippen molar-refractivity contribution < 1.29 is 18.0 Å². The van der Waals surface area contributed by atoms with E-state index in [1.165, 1.54) is 0 Å². The van der Waals surface area contributed by atoms with Crippen molar-refractivity contribution in [1.82, 2.24) is 0 Å². The van der Waals surface area contributed by atoms with Gasteiger partial charge in [-0.1, -0.05) is 6.92 Å². The van der Waals surface area contributed by atoms with Crippen LogP contribution in [0.3, 0.4) is 0 Å². The van der Waals surface area contributed by atoms with Crippen LogP contribution < -0.4 is 0 Å². The van der Waals surface area contributed by atoms with Crippen molar-refractivity contribution in [2.24, 2.45) is 0 Å². The van der Waals surface area contributed by atoms with Crippen LogP contribution in [-0.4, -0.2) is 40.5 Å². The van der Waals surface area contributed by atoms with Gasteiger partial charge in [-0.2, -0.15) is 0 Å². The molecule has 1 fully saturated rings. The third-order valence-corrected chi connectivity index (χ3v) is 7.36. The molecular weight excluding hydrogens is 248 g/mol. The fourth-order valence-corrected chi connectivity index (χ4v) is 6.05. The van der Waals surface area contributed by atoms with Crippen LogP contribution >= 0.6 is 0 Å². The first kappa shape index (κ1) is 16.1. The minimum atomic E-state index is -2.77. The zero-order valence-corrected chi connectivity index (χ0v) is 13.3. The summed E-state index contributed by atoms with van der Waals surface area (Å²) in [6.07, 6.45) is 4.15. The normalized spacial score (nSPS) is 25.3. The van der Waals surface area contributed by atoms with Gasteiger partial charge in [-0.3, -0.25) is 0 Å². The molecule has 0 aromatic rings. The summed E-state index contributed by atoms with van der Waals surface area (Å²) in [7, 11) is -2.77. The summed E-state index contributed by atoms with van der Waals surface area (Å²) in [5, 5.41) is -0.340. The van der Waals surface area contributed by atoms with E-state index in [-0.39, 0.29) is 5.22 Å². The van der Waals surface area contributed by atoms with Gasteiger partial charge in [0.2, 0.25) is 0 Å². The van der Waals surface area contributed by atoms with Gasteiger partial charge in [-0.15, -0.1) is 0 Å². The van der Waals surface area contributed by atoms with E-state index >= 15 is 0 Å². The van der Waals surface area contributed by atoms with Gasteiger partial charge in [0, 0.05) is 26.4 Å². The van der Waals surface area contributed by atoms with E-state index in [0.29, 0.717) is 19.8 Å². The lowest BCUT2D eigenvalue weighted by Crippen LogP contribution is -2.67. The highest BCUT2D eigenvalue weighted by Gasteiger charge is 2.61. The first-order valence-electron chi connectivity index (χ1n) is 7.26. The number of hydrogen-bond donors (Lipinski definition) is 0. The second-order valence-electron chi connectivity index (χ2n) is 4.51. The Morgan fingerprint density at radius 2 is 1.50 bits per heavy atom. The molecule has 1 aliphatic rings. The molecular formula is C13H28O4Si. The van der Waals surface area contributed by atoms with E-state index in [1.54, 1.807) is 0 Å². The molecule has 18 heavy (non-hydrogen) atoms. The van der Waals surface area contributed by atoms with E-state index in [2.05, 4.69) is 6.92 Å². The van der Waals surface area contributed by atoms with Crippen molar-refractivity contribution in [3.05, 3.63) is 0 Å². The number of rotatable bonds is 8. The molecule has 4 nitrogen and oxygen atoms in total. The predicted octanol–water partition coefficient (Wildman–Crippen LogP) is 2.92. The summed E-state index contributed by atoms with van der Waals surface area (Å²) < 4.78 is 24.2. The minimum Gasteiger partial charge on any atom is -0.372 e. The average Bonchev–Trinajstić information content (AvgIpc) is 2.40. The van der Waals surface area contributed by atoms with E-state index in [9.17, 15) is 0 Å². The molecule has 1 unspecified atom stereocenters. The van der Waals surface area contributed by atoms with Gasteiger partial charge < -0.3 is 18.0 Å². The molecule has 5 heteroatoms. The van der Waals surface area contributed by atoms with Crippen LogP contribution in [0.5, 0.6) is 0 Å². The molecule has 0 spiro atoms. The maximum Gasteiger partial charge on any atom is 0.534 e. The maximum atomic E-state index is 6.12. The quantitative estimate of drug-likeness (QED) is 0.639. The Labute approximate surface area is 112 Å². The fourth-order valence-electron chi connectivity index (χ4n) is 2.68. The average molecular weight is 276 g/mol. The first-order chi connectivity index (χ1) is 8.70. The van der Waals surface area contributed by atoms with Gasteiger partial charge in [-0.05, 0) is 46.5 Å². The van der Waals surface area contributed by atoms with Crippen molar-refractivity contribution >= 4 is 8.80 Å². The zero-order chi connectivity index (χ0) is 13.5. The standard InChI is InChI=1S/C13H28O4Si/c1-5-13(11-9-10-12-14-13)18(15-6-2,16-7-3)17-8-4/h5-12H2,1-4H3. The molecule has 1 aliphatic heterocycles. The maximum absolute atomic E-state index is 6.12. The Morgan fingerprint density at radius 3 is 1.83 bits per heavy atom. The second-order valence-corrected chi connectivity index (χ2v) is 7.40. The summed E-state index contributed by atoms with van der Waals surface area (Å²) in [5.74, 6) is 0. The van der Waals surface area contributed by atoms with Crippen molar-refractivity contribution in [1.29, 1.82) is 0 Å². The molecule has 1 atom stereocenters. The topological polar surface area (TPSA) is 36.9 Å². The molecule has 1 heterocycles. The second kappa shape index (κ2) is 7.60. The van der Waals surface area contributed by atoms with Gasteiger partial charge >= 0.3 is 8.80 Å². The zero-order valence-electron chi connectivity index (χ0n) is 12.3. The Hall–Kier alpha value is 0.0569. The molecule has 1 rings (SSSR count). The van der Waals surface area contributed by atoms with E-state index in [4.69, 9.17) is 18.0 Å². The largest absolute Gasteiger partial charge is 0.534 e. The van der Waals surface area contributed by atoms with Crippen molar-refractivity contribution in [2.45, 2.75) is 58.6 Å². The Kier molecular flexibility index (Phi) is 6.80. The molecule has 108 valence electrons. The molecule has 0 radical (unpaired) electrons. The Bertz CT molecular complexity index is 212. The van der Waals surface area contributed by atoms with Crippen molar-refractivity contribution in [3.8, 4) is 0 Å². The summed E-state index contributed by atoms with van der Waals surface area (Å²) in [4.78, 5) is 0. The lowest BCUT2D eigenvalue weighted by molar-refractivity contribution is -0.0953. The highest BCUT2D eigenvalue weighted by atomic mass is 28.4. The molecule has 0 aromatic carbocycles. The highest BCUT2D eigenvalue weighted by Crippen LogP contribution is 2.38. The van der Waals surface area contributed by atoms with Crippen LogP contribution in [0.1, 0.15) is 53.4 Å². The van der Waals surface area contributed by atoms with Crippen LogP contribution in [-0.2, 0) is 18.0 Å². The van der Waals surface area contributed by atoms with Crippen molar-refractivity contribution in [2.75, 3.05) is 26.4 Å². The first-order valence-corrected chi connectivity index (χ1v) is 8.98. The van der Waals surface area contributed by atoms with E-state index in [0.717, 1.165) is 32.3 Å². The Morgan fingerprint density at radius 1 is 0.944 bits per heavy atom. The lowest BCUT2D eigenvalue weighted by Gasteiger charge is -2.46. The molecule has 0 saturated carbocycles. The number of hydrogen-bond acceptors (Lipinski definition) is 4. The van der Waals surface area contributed by atoms with Crippen LogP contribution in [0.2, 0.25) is 0 Å². The fraction of sp³-hybridized carbons (Fsp3) is 1.00. The molecule has 1 saturated heterocycles. The Balaban J connectivity index is 3.01. The van der Waals surface area contributed by atoms with Gasteiger partial charge in [0.05, 0.1) is 0 Å². The molecule has 0 amide bonds. The molecule has 0 N–H and O–H groups in total. The SMILES string of the molecule is CCO[Si](OCC)(OCC)C1(CC)CCCCO1. The predicted molar refractivity (Wildman–Crippen MR) is 73.5 cm³/mol. The third-order valence-electron chi connectivity index (χ3n) is 3.49. The van der Waals surface area contributed by atoms with Gasteiger partial charge in [0.15, 0.2) is 0 Å². The summed E-state index contributed by atoms with van der Waals surface area (Å²) in [6, 6.07) is 0. The van der Waals surface area contributed by atoms with Crippen LogP contribution in [0.25, 0.3) is 0 Å². The van der Waals surface area contributed by atoms with Gasteiger partial charge in [0.1, 0.15) is 5.22 Å². The third kappa shape index (κ3) is 3.14. The van der Waals surface area contributed by atoms with E-state index < -0.39 is 8.80 Å². The lowest BCUT2D eigenvalue weighted by atomic mass is 10.1. The van der Waals surface area contributed by atoms with Crippen LogP contribution in [0, 0.1) is 0 Å². The van der Waals surface area contributed by atoms with Crippen LogP contribution in [0.4, 0.5) is 0 Å². The summed E-state index contributed by atoms with van der Waals surface area (Å²) in [5.41, 5.74) is 0. The van der Waals surface area contributed by atoms with Gasteiger partial charge in [-0.25, -0.2) is 0 Å². The number of ether oxygens (including phenoxy) is 1. The smallest absolute Gasteiger partial charge is 0.372 e. The molecule has 0 bridgehead atoms. The summed E-state index contributed by atoms with van der Waals surface area (Å²) >= 11 is 0. The monoisotopic (exact) mass is 276 g/mol. The van der Waals surface area contributed by atoms with Crippen LogP contribution in [0.15, 0.2) is 0 Å². The minimum absolute atomic E-state index is 0.340. The highest BCUT2D eigenvalue weighted by molar-refractivity contribution is 6.64.